The molecule has 0 spiro atoms. The smallest absolute Gasteiger partial charge is 0.412 e. The molecule has 146 valence electrons. The van der Waals surface area contributed by atoms with Gasteiger partial charge in [0.2, 0.25) is 0 Å². The summed E-state index contributed by atoms with van der Waals surface area (Å²) in [5.41, 5.74) is 13.9. The minimum atomic E-state index is -0.570. The third-order valence-electron chi connectivity index (χ3n) is 3.42. The number of hydrogen-bond acceptors (Lipinski definition) is 6. The highest BCUT2D eigenvalue weighted by Crippen LogP contribution is 2.26. The summed E-state index contributed by atoms with van der Waals surface area (Å²) in [7, 11) is 0. The Hall–Kier alpha value is -3.09. The van der Waals surface area contributed by atoms with Crippen molar-refractivity contribution in [2.24, 2.45) is 0 Å². The molecule has 0 fully saturated rings. The normalized spacial score (nSPS) is 11.0. The maximum absolute atomic E-state index is 11.8. The lowest BCUT2D eigenvalue weighted by molar-refractivity contribution is 0.0636. The van der Waals surface area contributed by atoms with Crippen molar-refractivity contribution in [3.63, 3.8) is 0 Å². The Kier molecular flexibility index (Phi) is 6.39. The van der Waals surface area contributed by atoms with Crippen molar-refractivity contribution in [3.05, 3.63) is 42.0 Å². The van der Waals surface area contributed by atoms with Gasteiger partial charge in [0.05, 0.1) is 11.4 Å². The lowest BCUT2D eigenvalue weighted by atomic mass is 10.2. The lowest BCUT2D eigenvalue weighted by Crippen LogP contribution is -2.27. The van der Waals surface area contributed by atoms with Crippen LogP contribution in [0.3, 0.4) is 0 Å². The fourth-order valence-corrected chi connectivity index (χ4v) is 2.25. The van der Waals surface area contributed by atoms with Crippen LogP contribution in [0.2, 0.25) is 0 Å². The Labute approximate surface area is 159 Å². The molecule has 0 saturated heterocycles. The molecule has 7 heteroatoms. The predicted molar refractivity (Wildman–Crippen MR) is 107 cm³/mol. The Morgan fingerprint density at radius 3 is 2.26 bits per heavy atom. The van der Waals surface area contributed by atoms with Gasteiger partial charge >= 0.3 is 6.09 Å². The lowest BCUT2D eigenvalue weighted by Gasteiger charge is -2.20. The van der Waals surface area contributed by atoms with Crippen molar-refractivity contribution in [1.29, 1.82) is 0 Å². The molecule has 0 heterocycles. The van der Waals surface area contributed by atoms with E-state index in [0.717, 1.165) is 5.56 Å². The summed E-state index contributed by atoms with van der Waals surface area (Å²) < 4.78 is 16.5. The number of rotatable bonds is 6. The Balaban J connectivity index is 1.85. The van der Waals surface area contributed by atoms with Gasteiger partial charge in [0.15, 0.2) is 0 Å². The summed E-state index contributed by atoms with van der Waals surface area (Å²) in [4.78, 5) is 11.8. The van der Waals surface area contributed by atoms with Crippen LogP contribution in [0.1, 0.15) is 26.3 Å². The number of hydrogen-bond donors (Lipinski definition) is 3. The van der Waals surface area contributed by atoms with Crippen LogP contribution in [0.5, 0.6) is 11.5 Å². The number of carbonyl (C=O) groups is 1. The summed E-state index contributed by atoms with van der Waals surface area (Å²) in [5, 5.41) is 2.63. The van der Waals surface area contributed by atoms with Crippen LogP contribution < -0.4 is 26.3 Å². The number of anilines is 3. The van der Waals surface area contributed by atoms with Gasteiger partial charge in [-0.05, 0) is 63.6 Å². The molecule has 5 N–H and O–H groups in total. The minimum absolute atomic E-state index is 0.302. The predicted octanol–water partition coefficient (Wildman–Crippen LogP) is 3.96. The maximum Gasteiger partial charge on any atom is 0.412 e. The van der Waals surface area contributed by atoms with Gasteiger partial charge in [-0.15, -0.1) is 0 Å². The highest BCUT2D eigenvalue weighted by atomic mass is 16.6. The monoisotopic (exact) mass is 373 g/mol. The van der Waals surface area contributed by atoms with E-state index in [0.29, 0.717) is 41.8 Å². The molecular weight excluding hydrogens is 346 g/mol. The van der Waals surface area contributed by atoms with Crippen molar-refractivity contribution in [1.82, 2.24) is 0 Å². The molecule has 0 aliphatic carbocycles. The van der Waals surface area contributed by atoms with Gasteiger partial charge in [-0.3, -0.25) is 5.32 Å². The number of benzene rings is 2. The minimum Gasteiger partial charge on any atom is -0.488 e. The summed E-state index contributed by atoms with van der Waals surface area (Å²) in [6.45, 7) is 7.98. The van der Waals surface area contributed by atoms with E-state index < -0.39 is 11.7 Å². The van der Waals surface area contributed by atoms with Crippen LogP contribution in [-0.4, -0.2) is 24.9 Å². The molecule has 2 aromatic carbocycles. The second-order valence-electron chi connectivity index (χ2n) is 7.12. The molecule has 0 atom stereocenters. The Bertz CT molecular complexity index is 800. The fraction of sp³-hybridized carbons (Fsp3) is 0.350. The second-order valence-corrected chi connectivity index (χ2v) is 7.12. The first-order valence-electron chi connectivity index (χ1n) is 8.65. The molecular formula is C20H27N3O4. The summed E-state index contributed by atoms with van der Waals surface area (Å²) >= 11 is 0. The Morgan fingerprint density at radius 2 is 1.63 bits per heavy atom. The molecule has 1 amide bonds. The first-order valence-corrected chi connectivity index (χ1v) is 8.65. The van der Waals surface area contributed by atoms with Gasteiger partial charge in [-0.1, -0.05) is 6.07 Å². The molecule has 0 aromatic heterocycles. The average molecular weight is 373 g/mol. The van der Waals surface area contributed by atoms with Crippen LogP contribution in [0.4, 0.5) is 21.9 Å². The standard InChI is InChI=1S/C20H27N3O4/c1-13-5-7-15(21)18(11-13)26-10-9-25-17-8-6-14(12-16(17)22)23-19(24)27-20(2,3)4/h5-8,11-12H,9-10,21-22H2,1-4H3,(H,23,24). The van der Waals surface area contributed by atoms with Crippen molar-refractivity contribution >= 4 is 23.2 Å². The van der Waals surface area contributed by atoms with Crippen LogP contribution in [0.15, 0.2) is 36.4 Å². The summed E-state index contributed by atoms with van der Waals surface area (Å²) in [5.74, 6) is 1.13. The van der Waals surface area contributed by atoms with Crippen molar-refractivity contribution in [3.8, 4) is 11.5 Å². The number of amides is 1. The largest absolute Gasteiger partial charge is 0.488 e. The van der Waals surface area contributed by atoms with E-state index in [1.54, 1.807) is 45.0 Å². The van der Waals surface area contributed by atoms with Crippen LogP contribution in [0.25, 0.3) is 0 Å². The fourth-order valence-electron chi connectivity index (χ4n) is 2.25. The number of ether oxygens (including phenoxy) is 3. The van der Waals surface area contributed by atoms with Crippen molar-refractivity contribution in [2.45, 2.75) is 33.3 Å². The van der Waals surface area contributed by atoms with Crippen molar-refractivity contribution < 1.29 is 19.0 Å². The number of aryl methyl sites for hydroxylation is 1. The molecule has 0 aliphatic heterocycles. The van der Waals surface area contributed by atoms with E-state index in [-0.39, 0.29) is 0 Å². The van der Waals surface area contributed by atoms with Gasteiger partial charge < -0.3 is 25.7 Å². The zero-order valence-corrected chi connectivity index (χ0v) is 16.2. The van der Waals surface area contributed by atoms with Crippen LogP contribution >= 0.6 is 0 Å². The zero-order valence-electron chi connectivity index (χ0n) is 16.2. The van der Waals surface area contributed by atoms with Gasteiger partial charge in [0, 0.05) is 5.69 Å². The second kappa shape index (κ2) is 8.53. The maximum atomic E-state index is 11.8. The van der Waals surface area contributed by atoms with E-state index in [1.165, 1.54) is 0 Å². The van der Waals surface area contributed by atoms with Crippen LogP contribution in [-0.2, 0) is 4.74 Å². The van der Waals surface area contributed by atoms with Gasteiger partial charge in [-0.25, -0.2) is 4.79 Å². The van der Waals surface area contributed by atoms with Gasteiger partial charge in [0.25, 0.3) is 0 Å². The first kappa shape index (κ1) is 20.2. The highest BCUT2D eigenvalue weighted by molar-refractivity contribution is 5.86. The van der Waals surface area contributed by atoms with E-state index in [9.17, 15) is 4.79 Å². The van der Waals surface area contributed by atoms with Gasteiger partial charge in [-0.2, -0.15) is 0 Å². The van der Waals surface area contributed by atoms with E-state index in [2.05, 4.69) is 5.32 Å². The molecule has 0 unspecified atom stereocenters. The SMILES string of the molecule is Cc1ccc(N)c(OCCOc2ccc(NC(=O)OC(C)(C)C)cc2N)c1. The molecule has 27 heavy (non-hydrogen) atoms. The topological polar surface area (TPSA) is 109 Å². The Morgan fingerprint density at radius 1 is 0.963 bits per heavy atom. The van der Waals surface area contributed by atoms with Gasteiger partial charge in [0.1, 0.15) is 30.3 Å². The quantitative estimate of drug-likeness (QED) is 0.522. The summed E-state index contributed by atoms with van der Waals surface area (Å²) in [6, 6.07) is 10.6. The number of nitrogens with two attached hydrogens (primary N) is 2. The van der Waals surface area contributed by atoms with E-state index >= 15 is 0 Å². The molecule has 2 aromatic rings. The number of carbonyl (C=O) groups excluding carboxylic acids is 1. The van der Waals surface area contributed by atoms with Crippen molar-refractivity contribution in [2.75, 3.05) is 30.0 Å². The molecule has 2 rings (SSSR count). The average Bonchev–Trinajstić information content (AvgIpc) is 2.54. The molecule has 0 bridgehead atoms. The third-order valence-corrected chi connectivity index (χ3v) is 3.42. The molecule has 7 nitrogen and oxygen atoms in total. The molecule has 0 saturated carbocycles. The molecule has 0 aliphatic rings. The number of nitrogens with one attached hydrogen (secondary N) is 1. The van der Waals surface area contributed by atoms with E-state index in [4.69, 9.17) is 25.7 Å². The first-order chi connectivity index (χ1) is 12.6. The summed E-state index contributed by atoms with van der Waals surface area (Å²) in [6.07, 6.45) is -0.542. The molecule has 0 radical (unpaired) electrons. The van der Waals surface area contributed by atoms with E-state index in [1.807, 2.05) is 19.1 Å². The van der Waals surface area contributed by atoms with Crippen LogP contribution in [0, 0.1) is 6.92 Å². The third kappa shape index (κ3) is 6.62. The highest BCUT2D eigenvalue weighted by Gasteiger charge is 2.16. The number of nitrogen functional groups attached to an aromatic ring is 2. The zero-order chi connectivity index (χ0) is 20.0.